The van der Waals surface area contributed by atoms with Crippen molar-refractivity contribution in [2.45, 2.75) is 44.2 Å². The Bertz CT molecular complexity index is 817. The lowest BCUT2D eigenvalue weighted by molar-refractivity contribution is -0.122. The average molecular weight is 327 g/mol. The summed E-state index contributed by atoms with van der Waals surface area (Å²) in [7, 11) is 0. The van der Waals surface area contributed by atoms with E-state index in [9.17, 15) is 9.59 Å². The third-order valence-corrected chi connectivity index (χ3v) is 5.23. The zero-order valence-corrected chi connectivity index (χ0v) is 13.5. The third-order valence-electron chi connectivity index (χ3n) is 5.23. The molecule has 1 aromatic heterocycles. The monoisotopic (exact) mass is 327 g/mol. The SMILES string of the molecule is O=C(Cc1n[nH]c(=O)c2ccccc12)NC1CCCC2OCCC12. The number of nitrogens with one attached hydrogen (secondary N) is 2. The second-order valence-electron chi connectivity index (χ2n) is 6.69. The molecule has 0 radical (unpaired) electrons. The van der Waals surface area contributed by atoms with E-state index in [0.717, 1.165) is 37.7 Å². The molecule has 4 rings (SSSR count). The quantitative estimate of drug-likeness (QED) is 0.895. The fourth-order valence-electron chi connectivity index (χ4n) is 4.07. The number of rotatable bonds is 3. The van der Waals surface area contributed by atoms with E-state index >= 15 is 0 Å². The van der Waals surface area contributed by atoms with Crippen LogP contribution in [0.15, 0.2) is 29.1 Å². The molecule has 6 heteroatoms. The minimum atomic E-state index is -0.229. The molecule has 126 valence electrons. The predicted octanol–water partition coefficient (Wildman–Crippen LogP) is 1.54. The summed E-state index contributed by atoms with van der Waals surface area (Å²) in [4.78, 5) is 24.3. The van der Waals surface area contributed by atoms with Crippen LogP contribution in [0.2, 0.25) is 0 Å². The van der Waals surface area contributed by atoms with E-state index in [-0.39, 0.29) is 23.9 Å². The highest BCUT2D eigenvalue weighted by Crippen LogP contribution is 2.34. The van der Waals surface area contributed by atoms with Gasteiger partial charge in [0, 0.05) is 24.0 Å². The van der Waals surface area contributed by atoms with Gasteiger partial charge in [0.15, 0.2) is 0 Å². The standard InChI is InChI=1S/C18H21N3O3/c22-17(19-14-6-3-7-16-13(14)8-9-24-16)10-15-11-4-1-2-5-12(11)18(23)21-20-15/h1-2,4-5,13-14,16H,3,6-10H2,(H,19,22)(H,21,23). The van der Waals surface area contributed by atoms with Crippen molar-refractivity contribution in [2.75, 3.05) is 6.61 Å². The molecule has 1 aliphatic carbocycles. The Morgan fingerprint density at radius 2 is 2.08 bits per heavy atom. The van der Waals surface area contributed by atoms with Crippen LogP contribution in [0.3, 0.4) is 0 Å². The van der Waals surface area contributed by atoms with Crippen LogP contribution in [0.4, 0.5) is 0 Å². The number of nitrogens with zero attached hydrogens (tertiary/aromatic N) is 1. The third kappa shape index (κ3) is 2.82. The first kappa shape index (κ1) is 15.3. The topological polar surface area (TPSA) is 84.1 Å². The molecule has 1 saturated carbocycles. The molecule has 6 nitrogen and oxygen atoms in total. The fourth-order valence-corrected chi connectivity index (χ4v) is 4.07. The molecule has 2 aromatic rings. The second kappa shape index (κ2) is 6.36. The van der Waals surface area contributed by atoms with E-state index in [1.54, 1.807) is 6.07 Å². The van der Waals surface area contributed by atoms with Crippen molar-refractivity contribution in [3.63, 3.8) is 0 Å². The van der Waals surface area contributed by atoms with E-state index in [1.807, 2.05) is 18.2 Å². The molecule has 1 amide bonds. The van der Waals surface area contributed by atoms with Gasteiger partial charge in [-0.15, -0.1) is 0 Å². The number of ether oxygens (including phenoxy) is 1. The smallest absolute Gasteiger partial charge is 0.272 e. The normalized spacial score (nSPS) is 26.2. The van der Waals surface area contributed by atoms with E-state index in [1.165, 1.54) is 0 Å². The van der Waals surface area contributed by atoms with Crippen molar-refractivity contribution in [3.05, 3.63) is 40.3 Å². The number of carbonyl (C=O) groups excluding carboxylic acids is 1. The maximum absolute atomic E-state index is 12.5. The highest BCUT2D eigenvalue weighted by atomic mass is 16.5. The number of aromatic nitrogens is 2. The van der Waals surface area contributed by atoms with Crippen LogP contribution in [0.1, 0.15) is 31.4 Å². The summed E-state index contributed by atoms with van der Waals surface area (Å²) < 4.78 is 5.75. The summed E-state index contributed by atoms with van der Waals surface area (Å²) in [6.07, 6.45) is 4.70. The summed E-state index contributed by atoms with van der Waals surface area (Å²) in [5.41, 5.74) is 0.380. The van der Waals surface area contributed by atoms with E-state index in [2.05, 4.69) is 15.5 Å². The Morgan fingerprint density at radius 1 is 1.25 bits per heavy atom. The molecule has 3 atom stereocenters. The lowest BCUT2D eigenvalue weighted by Crippen LogP contribution is -2.46. The number of fused-ring (bicyclic) bond motifs is 2. The molecular weight excluding hydrogens is 306 g/mol. The van der Waals surface area contributed by atoms with Gasteiger partial charge in [0.2, 0.25) is 5.91 Å². The second-order valence-corrected chi connectivity index (χ2v) is 6.69. The minimum absolute atomic E-state index is 0.0442. The van der Waals surface area contributed by atoms with Gasteiger partial charge in [0.1, 0.15) is 0 Å². The zero-order valence-electron chi connectivity index (χ0n) is 13.5. The number of aromatic amines is 1. The van der Waals surface area contributed by atoms with Crippen molar-refractivity contribution in [1.82, 2.24) is 15.5 Å². The van der Waals surface area contributed by atoms with E-state index in [4.69, 9.17) is 4.74 Å². The van der Waals surface area contributed by atoms with Gasteiger partial charge in [-0.3, -0.25) is 9.59 Å². The first-order chi connectivity index (χ1) is 11.7. The Labute approximate surface area is 139 Å². The molecule has 0 spiro atoms. The van der Waals surface area contributed by atoms with Crippen LogP contribution < -0.4 is 10.9 Å². The lowest BCUT2D eigenvalue weighted by Gasteiger charge is -2.33. The van der Waals surface area contributed by atoms with Gasteiger partial charge in [-0.1, -0.05) is 18.2 Å². The van der Waals surface area contributed by atoms with Gasteiger partial charge in [-0.2, -0.15) is 5.10 Å². The van der Waals surface area contributed by atoms with Gasteiger partial charge < -0.3 is 10.1 Å². The summed E-state index contributed by atoms with van der Waals surface area (Å²) >= 11 is 0. The maximum Gasteiger partial charge on any atom is 0.272 e. The van der Waals surface area contributed by atoms with Gasteiger partial charge in [0.05, 0.1) is 23.6 Å². The number of carbonyl (C=O) groups is 1. The van der Waals surface area contributed by atoms with Crippen LogP contribution in [-0.4, -0.2) is 34.9 Å². The summed E-state index contributed by atoms with van der Waals surface area (Å²) in [6, 6.07) is 7.43. The fraction of sp³-hybridized carbons (Fsp3) is 0.500. The Kier molecular flexibility index (Phi) is 4.06. The molecule has 2 fully saturated rings. The van der Waals surface area contributed by atoms with Crippen molar-refractivity contribution in [1.29, 1.82) is 0 Å². The van der Waals surface area contributed by atoms with Crippen LogP contribution in [0, 0.1) is 5.92 Å². The first-order valence-corrected chi connectivity index (χ1v) is 8.59. The highest BCUT2D eigenvalue weighted by Gasteiger charge is 2.38. The molecule has 0 bridgehead atoms. The Hall–Kier alpha value is -2.21. The molecule has 2 heterocycles. The van der Waals surface area contributed by atoms with Crippen LogP contribution in [0.25, 0.3) is 10.8 Å². The minimum Gasteiger partial charge on any atom is -0.378 e. The largest absolute Gasteiger partial charge is 0.378 e. The average Bonchev–Trinajstić information content (AvgIpc) is 3.07. The molecule has 3 unspecified atom stereocenters. The Morgan fingerprint density at radius 3 is 2.96 bits per heavy atom. The van der Waals surface area contributed by atoms with E-state index < -0.39 is 0 Å². The van der Waals surface area contributed by atoms with Crippen LogP contribution >= 0.6 is 0 Å². The predicted molar refractivity (Wildman–Crippen MR) is 89.7 cm³/mol. The summed E-state index contributed by atoms with van der Waals surface area (Å²) in [5, 5.41) is 11.0. The molecule has 2 aliphatic rings. The highest BCUT2D eigenvalue weighted by molar-refractivity contribution is 5.88. The zero-order chi connectivity index (χ0) is 16.5. The maximum atomic E-state index is 12.5. The van der Waals surface area contributed by atoms with Crippen molar-refractivity contribution in [3.8, 4) is 0 Å². The molecule has 2 N–H and O–H groups in total. The number of hydrogen-bond acceptors (Lipinski definition) is 4. The number of hydrogen-bond donors (Lipinski definition) is 2. The lowest BCUT2D eigenvalue weighted by atomic mass is 9.82. The van der Waals surface area contributed by atoms with E-state index in [0.29, 0.717) is 23.1 Å². The molecular formula is C18H21N3O3. The van der Waals surface area contributed by atoms with Crippen LogP contribution in [0.5, 0.6) is 0 Å². The summed E-state index contributed by atoms with van der Waals surface area (Å²) in [6.45, 7) is 0.799. The molecule has 1 aliphatic heterocycles. The van der Waals surface area contributed by atoms with Crippen molar-refractivity contribution < 1.29 is 9.53 Å². The number of H-pyrrole nitrogens is 1. The van der Waals surface area contributed by atoms with Crippen molar-refractivity contribution in [2.24, 2.45) is 5.92 Å². The van der Waals surface area contributed by atoms with Crippen LogP contribution in [-0.2, 0) is 16.0 Å². The van der Waals surface area contributed by atoms with Gasteiger partial charge in [0.25, 0.3) is 5.56 Å². The Balaban J connectivity index is 1.50. The molecule has 24 heavy (non-hydrogen) atoms. The first-order valence-electron chi connectivity index (χ1n) is 8.59. The van der Waals surface area contributed by atoms with Gasteiger partial charge in [-0.05, 0) is 31.7 Å². The number of benzene rings is 1. The van der Waals surface area contributed by atoms with Crippen molar-refractivity contribution >= 4 is 16.7 Å². The molecule has 1 saturated heterocycles. The molecule has 1 aromatic carbocycles. The number of amides is 1. The van der Waals surface area contributed by atoms with Gasteiger partial charge >= 0.3 is 0 Å². The summed E-state index contributed by atoms with van der Waals surface area (Å²) in [5.74, 6) is 0.389. The van der Waals surface area contributed by atoms with Gasteiger partial charge in [-0.25, -0.2) is 5.10 Å².